The summed E-state index contributed by atoms with van der Waals surface area (Å²) in [7, 11) is 0. The summed E-state index contributed by atoms with van der Waals surface area (Å²) in [4.78, 5) is 1.13. The molecule has 2 nitrogen and oxygen atoms in total. The summed E-state index contributed by atoms with van der Waals surface area (Å²) in [6, 6.07) is 2.07. The van der Waals surface area contributed by atoms with Crippen LogP contribution in [0.3, 0.4) is 0 Å². The van der Waals surface area contributed by atoms with Crippen molar-refractivity contribution in [2.45, 2.75) is 18.9 Å². The van der Waals surface area contributed by atoms with Crippen LogP contribution in [0.25, 0.3) is 0 Å². The van der Waals surface area contributed by atoms with Gasteiger partial charge in [0, 0.05) is 11.4 Å². The Bertz CT molecular complexity index is 276. The first-order valence-electron chi connectivity index (χ1n) is 4.20. The van der Waals surface area contributed by atoms with Crippen molar-refractivity contribution in [2.75, 3.05) is 13.1 Å². The van der Waals surface area contributed by atoms with Crippen molar-refractivity contribution in [1.29, 1.82) is 0 Å². The molecule has 1 atom stereocenters. The molecule has 1 saturated heterocycles. The predicted octanol–water partition coefficient (Wildman–Crippen LogP) is 1.24. The molecule has 3 heteroatoms. The smallest absolute Gasteiger partial charge is 0.113 e. The van der Waals surface area contributed by atoms with Crippen LogP contribution in [0.2, 0.25) is 0 Å². The van der Waals surface area contributed by atoms with E-state index < -0.39 is 5.60 Å². The molecule has 0 bridgehead atoms. The van der Waals surface area contributed by atoms with Gasteiger partial charge in [-0.25, -0.2) is 0 Å². The second-order valence-corrected chi connectivity index (χ2v) is 4.31. The number of aryl methyl sites for hydroxylation is 1. The van der Waals surface area contributed by atoms with E-state index in [0.29, 0.717) is 6.54 Å². The Morgan fingerprint density at radius 2 is 2.50 bits per heavy atom. The third kappa shape index (κ3) is 1.18. The van der Waals surface area contributed by atoms with Crippen LogP contribution < -0.4 is 5.32 Å². The quantitative estimate of drug-likeness (QED) is 0.686. The van der Waals surface area contributed by atoms with Gasteiger partial charge < -0.3 is 10.4 Å². The van der Waals surface area contributed by atoms with Gasteiger partial charge in [0.2, 0.25) is 0 Å². The summed E-state index contributed by atoms with van der Waals surface area (Å²) in [5.41, 5.74) is 0.629. The van der Waals surface area contributed by atoms with Crippen LogP contribution in [-0.2, 0) is 5.60 Å². The Balaban J connectivity index is 2.34. The Labute approximate surface area is 76.2 Å². The summed E-state index contributed by atoms with van der Waals surface area (Å²) < 4.78 is 0. The minimum absolute atomic E-state index is 0.585. The molecule has 0 amide bonds. The standard InChI is InChI=1S/C9H13NOS/c1-7-2-5-12-8(7)9(11)3-4-10-6-9/h2,5,10-11H,3-4,6H2,1H3. The normalized spacial score (nSPS) is 29.5. The summed E-state index contributed by atoms with van der Waals surface area (Å²) >= 11 is 1.66. The Morgan fingerprint density at radius 1 is 1.67 bits per heavy atom. The Morgan fingerprint density at radius 3 is 3.00 bits per heavy atom. The van der Waals surface area contributed by atoms with Crippen molar-refractivity contribution in [2.24, 2.45) is 0 Å². The molecule has 66 valence electrons. The molecule has 2 N–H and O–H groups in total. The lowest BCUT2D eigenvalue weighted by Crippen LogP contribution is -2.27. The highest BCUT2D eigenvalue weighted by Gasteiger charge is 2.34. The molecule has 2 rings (SSSR count). The van der Waals surface area contributed by atoms with Gasteiger partial charge in [0.25, 0.3) is 0 Å². The maximum Gasteiger partial charge on any atom is 0.113 e. The average Bonchev–Trinajstić information content (AvgIpc) is 2.59. The first-order valence-corrected chi connectivity index (χ1v) is 5.08. The third-order valence-electron chi connectivity index (χ3n) is 2.42. The van der Waals surface area contributed by atoms with Crippen LogP contribution in [0.1, 0.15) is 16.9 Å². The van der Waals surface area contributed by atoms with E-state index in [1.807, 2.05) is 5.38 Å². The fourth-order valence-corrected chi connectivity index (χ4v) is 2.78. The molecule has 1 aromatic rings. The molecule has 1 aliphatic heterocycles. The fraction of sp³-hybridized carbons (Fsp3) is 0.556. The predicted molar refractivity (Wildman–Crippen MR) is 50.4 cm³/mol. The highest BCUT2D eigenvalue weighted by molar-refractivity contribution is 7.10. The second-order valence-electron chi connectivity index (χ2n) is 3.39. The van der Waals surface area contributed by atoms with Crippen molar-refractivity contribution >= 4 is 11.3 Å². The van der Waals surface area contributed by atoms with E-state index in [-0.39, 0.29) is 0 Å². The monoisotopic (exact) mass is 183 g/mol. The van der Waals surface area contributed by atoms with Crippen molar-refractivity contribution in [1.82, 2.24) is 5.32 Å². The molecule has 1 fully saturated rings. The van der Waals surface area contributed by atoms with Crippen molar-refractivity contribution in [3.05, 3.63) is 21.9 Å². The van der Waals surface area contributed by atoms with Crippen molar-refractivity contribution in [3.63, 3.8) is 0 Å². The number of thiophene rings is 1. The minimum atomic E-state index is -0.585. The van der Waals surface area contributed by atoms with Crippen molar-refractivity contribution in [3.8, 4) is 0 Å². The van der Waals surface area contributed by atoms with Crippen molar-refractivity contribution < 1.29 is 5.11 Å². The van der Waals surface area contributed by atoms with Crippen LogP contribution >= 0.6 is 11.3 Å². The fourth-order valence-electron chi connectivity index (χ4n) is 1.72. The first kappa shape index (κ1) is 8.23. The minimum Gasteiger partial charge on any atom is -0.383 e. The molecule has 0 saturated carbocycles. The van der Waals surface area contributed by atoms with Gasteiger partial charge in [-0.15, -0.1) is 11.3 Å². The summed E-state index contributed by atoms with van der Waals surface area (Å²) in [5, 5.41) is 15.4. The largest absolute Gasteiger partial charge is 0.383 e. The van der Waals surface area contributed by atoms with E-state index in [4.69, 9.17) is 0 Å². The van der Waals surface area contributed by atoms with E-state index in [1.54, 1.807) is 11.3 Å². The molecular formula is C9H13NOS. The van der Waals surface area contributed by atoms with Gasteiger partial charge in [0.1, 0.15) is 5.60 Å². The highest BCUT2D eigenvalue weighted by atomic mass is 32.1. The zero-order valence-corrected chi connectivity index (χ0v) is 7.95. The van der Waals surface area contributed by atoms with E-state index >= 15 is 0 Å². The summed E-state index contributed by atoms with van der Waals surface area (Å²) in [6.45, 7) is 3.68. The third-order valence-corrected chi connectivity index (χ3v) is 3.63. The van der Waals surface area contributed by atoms with Gasteiger partial charge in [-0.3, -0.25) is 0 Å². The van der Waals surface area contributed by atoms with Gasteiger partial charge in [-0.1, -0.05) is 0 Å². The highest BCUT2D eigenvalue weighted by Crippen LogP contribution is 2.33. The summed E-state index contributed by atoms with van der Waals surface area (Å²) in [6.07, 6.45) is 0.842. The van der Waals surface area contributed by atoms with E-state index in [2.05, 4.69) is 18.3 Å². The average molecular weight is 183 g/mol. The lowest BCUT2D eigenvalue weighted by Gasteiger charge is -2.20. The number of nitrogens with one attached hydrogen (secondary N) is 1. The van der Waals surface area contributed by atoms with Crippen LogP contribution in [-0.4, -0.2) is 18.2 Å². The molecule has 1 aliphatic rings. The molecule has 0 aromatic carbocycles. The number of rotatable bonds is 1. The lowest BCUT2D eigenvalue weighted by molar-refractivity contribution is 0.0620. The number of hydrogen-bond acceptors (Lipinski definition) is 3. The maximum atomic E-state index is 10.2. The summed E-state index contributed by atoms with van der Waals surface area (Å²) in [5.74, 6) is 0. The van der Waals surface area contributed by atoms with E-state index in [9.17, 15) is 5.11 Å². The number of β-amino-alcohol motifs (C(OH)–C–C–N with tert-alkyl or cyclic N) is 1. The van der Waals surface area contributed by atoms with Gasteiger partial charge in [-0.05, 0) is 36.9 Å². The Hall–Kier alpha value is -0.380. The molecule has 0 spiro atoms. The Kier molecular flexibility index (Phi) is 1.94. The first-order chi connectivity index (χ1) is 5.72. The van der Waals surface area contributed by atoms with Gasteiger partial charge >= 0.3 is 0 Å². The molecular weight excluding hydrogens is 170 g/mol. The second kappa shape index (κ2) is 2.83. The van der Waals surface area contributed by atoms with Crippen LogP contribution in [0.5, 0.6) is 0 Å². The molecule has 1 unspecified atom stereocenters. The van der Waals surface area contributed by atoms with Crippen LogP contribution in [0.4, 0.5) is 0 Å². The number of hydrogen-bond donors (Lipinski definition) is 2. The van der Waals surface area contributed by atoms with Gasteiger partial charge in [0.05, 0.1) is 0 Å². The topological polar surface area (TPSA) is 32.3 Å². The van der Waals surface area contributed by atoms with Gasteiger partial charge in [-0.2, -0.15) is 0 Å². The molecule has 1 aromatic heterocycles. The molecule has 0 radical (unpaired) electrons. The molecule has 2 heterocycles. The van der Waals surface area contributed by atoms with E-state index in [1.165, 1.54) is 5.56 Å². The maximum absolute atomic E-state index is 10.2. The molecule has 12 heavy (non-hydrogen) atoms. The number of aliphatic hydroxyl groups is 1. The lowest BCUT2D eigenvalue weighted by atomic mass is 9.99. The van der Waals surface area contributed by atoms with Crippen LogP contribution in [0.15, 0.2) is 11.4 Å². The van der Waals surface area contributed by atoms with E-state index in [0.717, 1.165) is 17.8 Å². The van der Waals surface area contributed by atoms with Gasteiger partial charge in [0.15, 0.2) is 0 Å². The zero-order chi connectivity index (χ0) is 8.60. The van der Waals surface area contributed by atoms with Crippen LogP contribution in [0, 0.1) is 6.92 Å². The SMILES string of the molecule is Cc1ccsc1C1(O)CCNC1. The molecule has 0 aliphatic carbocycles. The zero-order valence-electron chi connectivity index (χ0n) is 7.13.